The summed E-state index contributed by atoms with van der Waals surface area (Å²) < 4.78 is 5.87. The van der Waals surface area contributed by atoms with Crippen LogP contribution in [0.5, 0.6) is 5.75 Å². The van der Waals surface area contributed by atoms with E-state index in [2.05, 4.69) is 54.7 Å². The first-order valence-electron chi connectivity index (χ1n) is 7.92. The zero-order valence-corrected chi connectivity index (χ0v) is 12.6. The summed E-state index contributed by atoms with van der Waals surface area (Å²) in [5, 5.41) is 3.43. The summed E-state index contributed by atoms with van der Waals surface area (Å²) >= 11 is 0. The maximum absolute atomic E-state index is 5.87. The average Bonchev–Trinajstić information content (AvgIpc) is 3.33. The van der Waals surface area contributed by atoms with Crippen LogP contribution in [0.25, 0.3) is 11.1 Å². The van der Waals surface area contributed by atoms with Crippen molar-refractivity contribution in [2.75, 3.05) is 6.54 Å². The molecule has 1 saturated carbocycles. The van der Waals surface area contributed by atoms with E-state index in [1.165, 1.54) is 36.0 Å². The Labute approximate surface area is 127 Å². The van der Waals surface area contributed by atoms with Gasteiger partial charge in [-0.3, -0.25) is 0 Å². The van der Waals surface area contributed by atoms with Gasteiger partial charge in [-0.2, -0.15) is 0 Å². The van der Waals surface area contributed by atoms with Crippen molar-refractivity contribution < 1.29 is 4.74 Å². The Kier molecular flexibility index (Phi) is 4.56. The van der Waals surface area contributed by atoms with Gasteiger partial charge in [0.05, 0.1) is 6.10 Å². The number of rotatable bonds is 7. The van der Waals surface area contributed by atoms with E-state index >= 15 is 0 Å². The molecule has 3 rings (SSSR count). The number of nitrogens with one attached hydrogen (secondary N) is 1. The van der Waals surface area contributed by atoms with Crippen molar-refractivity contribution in [2.24, 2.45) is 0 Å². The lowest BCUT2D eigenvalue weighted by Gasteiger charge is -2.08. The van der Waals surface area contributed by atoms with Crippen molar-refractivity contribution in [3.63, 3.8) is 0 Å². The van der Waals surface area contributed by atoms with Crippen LogP contribution in [0, 0.1) is 0 Å². The molecule has 0 aliphatic heterocycles. The van der Waals surface area contributed by atoms with Crippen LogP contribution in [0.15, 0.2) is 48.5 Å². The Morgan fingerprint density at radius 3 is 2.57 bits per heavy atom. The molecule has 0 aromatic heterocycles. The van der Waals surface area contributed by atoms with Gasteiger partial charge in [0.25, 0.3) is 0 Å². The van der Waals surface area contributed by atoms with E-state index in [1.54, 1.807) is 0 Å². The van der Waals surface area contributed by atoms with Gasteiger partial charge in [-0.1, -0.05) is 43.3 Å². The van der Waals surface area contributed by atoms with E-state index in [0.29, 0.717) is 6.10 Å². The molecule has 0 unspecified atom stereocenters. The van der Waals surface area contributed by atoms with Gasteiger partial charge in [-0.25, -0.2) is 0 Å². The highest BCUT2D eigenvalue weighted by Crippen LogP contribution is 2.29. The second-order valence-corrected chi connectivity index (χ2v) is 5.72. The maximum Gasteiger partial charge on any atom is 0.120 e. The number of hydrogen-bond acceptors (Lipinski definition) is 2. The lowest BCUT2D eigenvalue weighted by Crippen LogP contribution is -2.13. The molecule has 0 atom stereocenters. The van der Waals surface area contributed by atoms with Gasteiger partial charge in [0.15, 0.2) is 0 Å². The van der Waals surface area contributed by atoms with Crippen LogP contribution in [-0.4, -0.2) is 12.6 Å². The van der Waals surface area contributed by atoms with Crippen molar-refractivity contribution in [2.45, 2.75) is 38.8 Å². The van der Waals surface area contributed by atoms with E-state index in [9.17, 15) is 0 Å². The van der Waals surface area contributed by atoms with Crippen molar-refractivity contribution in [1.29, 1.82) is 0 Å². The lowest BCUT2D eigenvalue weighted by atomic mass is 10.0. The van der Waals surface area contributed by atoms with E-state index in [4.69, 9.17) is 4.74 Å². The number of hydrogen-bond donors (Lipinski definition) is 1. The molecule has 21 heavy (non-hydrogen) atoms. The first-order valence-corrected chi connectivity index (χ1v) is 7.92. The molecular weight excluding hydrogens is 258 g/mol. The van der Waals surface area contributed by atoms with Crippen molar-refractivity contribution in [3.8, 4) is 16.9 Å². The third-order valence-electron chi connectivity index (χ3n) is 3.70. The zero-order chi connectivity index (χ0) is 14.5. The molecule has 1 aliphatic carbocycles. The Balaban J connectivity index is 1.67. The van der Waals surface area contributed by atoms with Crippen molar-refractivity contribution in [1.82, 2.24) is 5.32 Å². The first-order chi connectivity index (χ1) is 10.3. The summed E-state index contributed by atoms with van der Waals surface area (Å²) in [6.45, 7) is 4.20. The molecular formula is C19H23NO. The molecule has 2 aromatic rings. The second-order valence-electron chi connectivity index (χ2n) is 5.72. The number of ether oxygens (including phenoxy) is 1. The monoisotopic (exact) mass is 281 g/mol. The van der Waals surface area contributed by atoms with Gasteiger partial charge in [-0.15, -0.1) is 0 Å². The van der Waals surface area contributed by atoms with Gasteiger partial charge in [0.1, 0.15) is 5.75 Å². The van der Waals surface area contributed by atoms with E-state index in [-0.39, 0.29) is 0 Å². The number of benzene rings is 2. The highest BCUT2D eigenvalue weighted by Gasteiger charge is 2.23. The predicted molar refractivity (Wildman–Crippen MR) is 87.5 cm³/mol. The van der Waals surface area contributed by atoms with Gasteiger partial charge < -0.3 is 10.1 Å². The average molecular weight is 281 g/mol. The summed E-state index contributed by atoms with van der Waals surface area (Å²) in [7, 11) is 0. The van der Waals surface area contributed by atoms with Crippen LogP contribution in [0.2, 0.25) is 0 Å². The molecule has 0 bridgehead atoms. The normalized spacial score (nSPS) is 14.1. The Morgan fingerprint density at radius 2 is 1.86 bits per heavy atom. The van der Waals surface area contributed by atoms with Crippen LogP contribution in [-0.2, 0) is 6.54 Å². The Morgan fingerprint density at radius 1 is 1.05 bits per heavy atom. The summed E-state index contributed by atoms with van der Waals surface area (Å²) in [6.07, 6.45) is 4.02. The van der Waals surface area contributed by atoms with Crippen LogP contribution in [0.4, 0.5) is 0 Å². The molecule has 110 valence electrons. The molecule has 0 amide bonds. The van der Waals surface area contributed by atoms with Gasteiger partial charge in [0.2, 0.25) is 0 Å². The minimum atomic E-state index is 0.451. The maximum atomic E-state index is 5.87. The van der Waals surface area contributed by atoms with E-state index in [1.807, 2.05) is 6.07 Å². The first kappa shape index (κ1) is 14.2. The predicted octanol–water partition coefficient (Wildman–Crippen LogP) is 4.39. The fourth-order valence-corrected chi connectivity index (χ4v) is 2.35. The van der Waals surface area contributed by atoms with Crippen molar-refractivity contribution >= 4 is 0 Å². The summed E-state index contributed by atoms with van der Waals surface area (Å²) in [6, 6.07) is 17.2. The molecule has 2 heteroatoms. The minimum absolute atomic E-state index is 0.451. The van der Waals surface area contributed by atoms with E-state index in [0.717, 1.165) is 18.8 Å². The van der Waals surface area contributed by atoms with Crippen LogP contribution < -0.4 is 10.1 Å². The topological polar surface area (TPSA) is 21.3 Å². The molecule has 0 radical (unpaired) electrons. The highest BCUT2D eigenvalue weighted by atomic mass is 16.5. The second kappa shape index (κ2) is 6.77. The molecule has 1 N–H and O–H groups in total. The molecule has 2 nitrogen and oxygen atoms in total. The molecule has 1 aliphatic rings. The molecule has 2 aromatic carbocycles. The standard InChI is InChI=1S/C19H23NO/c1-2-12-20-14-15-6-8-16(9-7-15)17-4-3-5-19(13-17)21-18-10-11-18/h3-9,13,18,20H,2,10-12,14H2,1H3. The Bertz CT molecular complexity index is 572. The summed E-state index contributed by atoms with van der Waals surface area (Å²) in [4.78, 5) is 0. The van der Waals surface area contributed by atoms with Gasteiger partial charge >= 0.3 is 0 Å². The minimum Gasteiger partial charge on any atom is -0.490 e. The van der Waals surface area contributed by atoms with Crippen LogP contribution >= 0.6 is 0 Å². The van der Waals surface area contributed by atoms with Gasteiger partial charge in [-0.05, 0) is 54.6 Å². The zero-order valence-electron chi connectivity index (χ0n) is 12.6. The smallest absolute Gasteiger partial charge is 0.120 e. The molecule has 1 fully saturated rings. The lowest BCUT2D eigenvalue weighted by molar-refractivity contribution is 0.303. The SMILES string of the molecule is CCCNCc1ccc(-c2cccc(OC3CC3)c2)cc1. The fraction of sp³-hybridized carbons (Fsp3) is 0.368. The van der Waals surface area contributed by atoms with Crippen LogP contribution in [0.3, 0.4) is 0 Å². The largest absolute Gasteiger partial charge is 0.490 e. The molecule has 0 saturated heterocycles. The highest BCUT2D eigenvalue weighted by molar-refractivity contribution is 5.65. The third-order valence-corrected chi connectivity index (χ3v) is 3.70. The van der Waals surface area contributed by atoms with Crippen LogP contribution in [0.1, 0.15) is 31.7 Å². The van der Waals surface area contributed by atoms with Gasteiger partial charge in [0, 0.05) is 6.54 Å². The molecule has 0 spiro atoms. The fourth-order valence-electron chi connectivity index (χ4n) is 2.35. The van der Waals surface area contributed by atoms with Crippen molar-refractivity contribution in [3.05, 3.63) is 54.1 Å². The molecule has 0 heterocycles. The quantitative estimate of drug-likeness (QED) is 0.760. The Hall–Kier alpha value is -1.80. The summed E-state index contributed by atoms with van der Waals surface area (Å²) in [5.41, 5.74) is 3.80. The summed E-state index contributed by atoms with van der Waals surface area (Å²) in [5.74, 6) is 0.990. The third kappa shape index (κ3) is 4.08. The van der Waals surface area contributed by atoms with E-state index < -0.39 is 0 Å².